The summed E-state index contributed by atoms with van der Waals surface area (Å²) in [5.41, 5.74) is 1.40. The Morgan fingerprint density at radius 1 is 0.811 bits per heavy atom. The number of ketones is 1. The van der Waals surface area contributed by atoms with Crippen molar-refractivity contribution in [1.29, 1.82) is 0 Å². The number of carbonyl (C=O) groups is 3. The van der Waals surface area contributed by atoms with Crippen LogP contribution < -0.4 is 5.32 Å². The Morgan fingerprint density at radius 2 is 1.51 bits per heavy atom. The predicted octanol–water partition coefficient (Wildman–Crippen LogP) is 9.16. The van der Waals surface area contributed by atoms with Gasteiger partial charge in [-0.05, 0) is 134 Å². The quantitative estimate of drug-likeness (QED) is 0.203. The van der Waals surface area contributed by atoms with Crippen LogP contribution in [0.1, 0.15) is 159 Å². The standard InChI is InChI=1S/C46H73NO6/c1-27(2)37-32(48)24-46(35(49)26-47-25-28-13-11-10-12-14-28)22-21-44(8)29(38(37)46)15-16-34-43(7)19-18-36(42(5,6)33(43)17-20-45(34,44)9)53-40(52)31-23-30(39(50)51)41(31,3)4/h27-31,33-36,47,49H,10-26H2,1-9H3,(H,50,51)/t29-,30+,31-,33+,34-,35+,36+,43+,44-,45-,46+/m1/s1. The molecule has 7 nitrogen and oxygen atoms in total. The number of fused-ring (bicyclic) bond motifs is 7. The molecule has 0 amide bonds. The SMILES string of the molecule is CC(C)C1=C2[C@H]3CC[C@@H]4[C@@]5(C)CC[C@H](OC(=O)[C@H]6C[C@@H](C(=O)O)C6(C)C)C(C)(C)[C@@H]5CC[C@@]4(C)[C@]3(C)CC[C@@]2([C@@H](O)CNCC2CCCCC2)CC1=O. The average molecular weight is 736 g/mol. The lowest BCUT2D eigenvalue weighted by Gasteiger charge is -2.72. The van der Waals surface area contributed by atoms with Gasteiger partial charge in [-0.25, -0.2) is 0 Å². The van der Waals surface area contributed by atoms with Gasteiger partial charge in [0.2, 0.25) is 0 Å². The van der Waals surface area contributed by atoms with E-state index in [9.17, 15) is 24.6 Å². The van der Waals surface area contributed by atoms with Crippen LogP contribution in [-0.2, 0) is 19.1 Å². The van der Waals surface area contributed by atoms with Gasteiger partial charge in [-0.3, -0.25) is 14.4 Å². The first-order valence-corrected chi connectivity index (χ1v) is 21.9. The molecule has 6 saturated carbocycles. The molecule has 3 N–H and O–H groups in total. The number of rotatable bonds is 9. The Balaban J connectivity index is 1.12. The van der Waals surface area contributed by atoms with Crippen LogP contribution in [0.3, 0.4) is 0 Å². The zero-order valence-corrected chi connectivity index (χ0v) is 34.7. The van der Waals surface area contributed by atoms with Crippen LogP contribution >= 0.6 is 0 Å². The van der Waals surface area contributed by atoms with Crippen LogP contribution in [0.2, 0.25) is 0 Å². The Hall–Kier alpha value is -1.73. The maximum absolute atomic E-state index is 14.1. The van der Waals surface area contributed by atoms with E-state index in [4.69, 9.17) is 4.74 Å². The van der Waals surface area contributed by atoms with Crippen LogP contribution in [0, 0.1) is 73.9 Å². The number of hydrogen-bond acceptors (Lipinski definition) is 6. The Bertz CT molecular complexity index is 1510. The molecule has 0 bridgehead atoms. The lowest BCUT2D eigenvalue weighted by atomic mass is 9.33. The van der Waals surface area contributed by atoms with E-state index in [-0.39, 0.29) is 51.4 Å². The van der Waals surface area contributed by atoms with Gasteiger partial charge in [-0.2, -0.15) is 0 Å². The minimum Gasteiger partial charge on any atom is -0.481 e. The van der Waals surface area contributed by atoms with E-state index in [1.54, 1.807) is 0 Å². The van der Waals surface area contributed by atoms with Gasteiger partial charge in [0.05, 0.1) is 17.9 Å². The molecule has 7 aliphatic carbocycles. The summed E-state index contributed by atoms with van der Waals surface area (Å²) in [6.45, 7) is 22.1. The van der Waals surface area contributed by atoms with Crippen molar-refractivity contribution < 1.29 is 29.3 Å². The molecule has 7 rings (SSSR count). The summed E-state index contributed by atoms with van der Waals surface area (Å²) >= 11 is 0. The Labute approximate surface area is 320 Å². The third-order valence-corrected chi connectivity index (χ3v) is 18.7. The van der Waals surface area contributed by atoms with Crippen LogP contribution in [0.4, 0.5) is 0 Å². The van der Waals surface area contributed by atoms with Crippen LogP contribution in [0.25, 0.3) is 0 Å². The first-order valence-electron chi connectivity index (χ1n) is 21.9. The number of ether oxygens (including phenoxy) is 1. The number of allylic oxidation sites excluding steroid dienone is 1. The summed E-state index contributed by atoms with van der Waals surface area (Å²) < 4.78 is 6.42. The van der Waals surface area contributed by atoms with Crippen LogP contribution in [0.5, 0.6) is 0 Å². The summed E-state index contributed by atoms with van der Waals surface area (Å²) in [6.07, 6.45) is 14.9. The number of carbonyl (C=O) groups excluding carboxylic acids is 2. The summed E-state index contributed by atoms with van der Waals surface area (Å²) in [5, 5.41) is 25.6. The minimum atomic E-state index is -0.820. The Kier molecular flexibility index (Phi) is 10.0. The van der Waals surface area contributed by atoms with E-state index in [1.165, 1.54) is 37.7 Å². The molecule has 0 spiro atoms. The molecule has 0 heterocycles. The number of carboxylic acid groups (broad SMARTS) is 1. The van der Waals surface area contributed by atoms with E-state index in [0.29, 0.717) is 43.1 Å². The van der Waals surface area contributed by atoms with Gasteiger partial charge >= 0.3 is 11.9 Å². The van der Waals surface area contributed by atoms with Crippen molar-refractivity contribution in [2.75, 3.05) is 13.1 Å². The Morgan fingerprint density at radius 3 is 2.15 bits per heavy atom. The van der Waals surface area contributed by atoms with Gasteiger partial charge in [0.25, 0.3) is 0 Å². The third kappa shape index (κ3) is 5.79. The molecule has 7 aliphatic rings. The topological polar surface area (TPSA) is 113 Å². The second-order valence-electron chi connectivity index (χ2n) is 21.8. The van der Waals surface area contributed by atoms with Crippen LogP contribution in [-0.4, -0.2) is 53.2 Å². The van der Waals surface area contributed by atoms with Gasteiger partial charge in [0, 0.05) is 23.8 Å². The van der Waals surface area contributed by atoms with Crippen molar-refractivity contribution in [1.82, 2.24) is 5.32 Å². The zero-order valence-electron chi connectivity index (χ0n) is 34.7. The second kappa shape index (κ2) is 13.4. The summed E-state index contributed by atoms with van der Waals surface area (Å²) in [6, 6.07) is 0. The number of aliphatic hydroxyl groups excluding tert-OH is 1. The third-order valence-electron chi connectivity index (χ3n) is 18.7. The highest BCUT2D eigenvalue weighted by Crippen LogP contribution is 2.77. The predicted molar refractivity (Wildman–Crippen MR) is 208 cm³/mol. The number of nitrogens with one attached hydrogen (secondary N) is 1. The maximum atomic E-state index is 14.1. The van der Waals surface area contributed by atoms with Gasteiger partial charge < -0.3 is 20.3 Å². The van der Waals surface area contributed by atoms with Crippen molar-refractivity contribution >= 4 is 17.7 Å². The van der Waals surface area contributed by atoms with Crippen LogP contribution in [0.15, 0.2) is 11.1 Å². The van der Waals surface area contributed by atoms with E-state index < -0.39 is 28.8 Å². The number of carboxylic acids is 1. The molecule has 53 heavy (non-hydrogen) atoms. The lowest BCUT2D eigenvalue weighted by molar-refractivity contribution is -0.238. The van der Waals surface area contributed by atoms with E-state index in [2.05, 4.69) is 53.8 Å². The number of hydrogen-bond donors (Lipinski definition) is 3. The first kappa shape index (κ1) is 39.5. The number of esters is 1. The molecule has 298 valence electrons. The molecular weight excluding hydrogens is 663 g/mol. The fourth-order valence-electron chi connectivity index (χ4n) is 15.3. The summed E-state index contributed by atoms with van der Waals surface area (Å²) in [7, 11) is 0. The first-order chi connectivity index (χ1) is 24.8. The number of aliphatic carboxylic acids is 1. The fraction of sp³-hybridized carbons (Fsp3) is 0.891. The van der Waals surface area contributed by atoms with Crippen molar-refractivity contribution in [3.63, 3.8) is 0 Å². The van der Waals surface area contributed by atoms with Gasteiger partial charge in [-0.15, -0.1) is 0 Å². The molecule has 0 aromatic rings. The smallest absolute Gasteiger partial charge is 0.309 e. The largest absolute Gasteiger partial charge is 0.481 e. The van der Waals surface area contributed by atoms with Crippen molar-refractivity contribution in [3.8, 4) is 0 Å². The average Bonchev–Trinajstić information content (AvgIpc) is 3.39. The normalized spacial score (nSPS) is 43.9. The van der Waals surface area contributed by atoms with Gasteiger partial charge in [0.15, 0.2) is 5.78 Å². The van der Waals surface area contributed by atoms with Crippen molar-refractivity contribution in [3.05, 3.63) is 11.1 Å². The molecule has 0 radical (unpaired) electrons. The molecule has 11 atom stereocenters. The molecule has 6 fully saturated rings. The molecule has 7 heteroatoms. The molecule has 0 aromatic carbocycles. The summed E-state index contributed by atoms with van der Waals surface area (Å²) in [5.74, 6) is 0.501. The summed E-state index contributed by atoms with van der Waals surface area (Å²) in [4.78, 5) is 39.4. The molecular formula is C46H73NO6. The lowest BCUT2D eigenvalue weighted by Crippen LogP contribution is -2.66. The van der Waals surface area contributed by atoms with Gasteiger partial charge in [0.1, 0.15) is 6.10 Å². The number of Topliss-reactive ketones (excluding diaryl/α,β-unsaturated/α-hetero) is 1. The molecule has 0 unspecified atom stereocenters. The van der Waals surface area contributed by atoms with Gasteiger partial charge in [-0.1, -0.05) is 87.1 Å². The molecule has 0 aliphatic heterocycles. The molecule has 0 aromatic heterocycles. The minimum absolute atomic E-state index is 0.0344. The fourth-order valence-corrected chi connectivity index (χ4v) is 15.3. The highest BCUT2D eigenvalue weighted by molar-refractivity contribution is 6.00. The van der Waals surface area contributed by atoms with Crippen molar-refractivity contribution in [2.45, 2.75) is 171 Å². The molecule has 0 saturated heterocycles. The highest BCUT2D eigenvalue weighted by atomic mass is 16.5. The monoisotopic (exact) mass is 736 g/mol. The maximum Gasteiger partial charge on any atom is 0.309 e. The second-order valence-corrected chi connectivity index (χ2v) is 21.8. The highest BCUT2D eigenvalue weighted by Gasteiger charge is 2.71. The number of aliphatic hydroxyl groups is 1. The van der Waals surface area contributed by atoms with E-state index in [0.717, 1.165) is 63.5 Å². The van der Waals surface area contributed by atoms with E-state index >= 15 is 0 Å². The van der Waals surface area contributed by atoms with E-state index in [1.807, 2.05) is 13.8 Å². The zero-order chi connectivity index (χ0) is 38.5. The van der Waals surface area contributed by atoms with Crippen molar-refractivity contribution in [2.24, 2.45) is 73.9 Å².